The van der Waals surface area contributed by atoms with Crippen LogP contribution in [0.25, 0.3) is 0 Å². The maximum Gasteiger partial charge on any atom is 0.315 e. The molecule has 0 aliphatic rings. The lowest BCUT2D eigenvalue weighted by molar-refractivity contribution is -0.384. The van der Waals surface area contributed by atoms with E-state index in [-0.39, 0.29) is 24.6 Å². The standard InChI is InChI=1S/C12H14N2O5/c1-3-19-12(15)8-11(18-2)13-9-5-4-6-10(7-9)14(16)17/h4-7H,3,8H2,1-2H3. The number of ether oxygens (including phenoxy) is 2. The number of nitro groups is 1. The van der Waals surface area contributed by atoms with Gasteiger partial charge in [-0.15, -0.1) is 0 Å². The molecule has 0 heterocycles. The molecule has 19 heavy (non-hydrogen) atoms. The first-order chi connectivity index (χ1) is 9.06. The fourth-order valence-corrected chi connectivity index (χ4v) is 1.31. The lowest BCUT2D eigenvalue weighted by atomic mass is 10.3. The number of methoxy groups -OCH3 is 1. The third-order valence-corrected chi connectivity index (χ3v) is 2.13. The zero-order valence-corrected chi connectivity index (χ0v) is 10.7. The van der Waals surface area contributed by atoms with E-state index < -0.39 is 10.9 Å². The Labute approximate surface area is 110 Å². The van der Waals surface area contributed by atoms with Crippen molar-refractivity contribution >= 4 is 23.2 Å². The molecule has 0 aliphatic carbocycles. The van der Waals surface area contributed by atoms with Gasteiger partial charge in [0.1, 0.15) is 6.42 Å². The minimum absolute atomic E-state index is 0.0761. The number of carbonyl (C=O) groups is 1. The third-order valence-electron chi connectivity index (χ3n) is 2.13. The molecule has 0 saturated carbocycles. The monoisotopic (exact) mass is 266 g/mol. The minimum Gasteiger partial charge on any atom is -0.484 e. The first-order valence-corrected chi connectivity index (χ1v) is 5.58. The number of non-ortho nitro benzene ring substituents is 1. The molecule has 7 nitrogen and oxygen atoms in total. The highest BCUT2D eigenvalue weighted by atomic mass is 16.6. The van der Waals surface area contributed by atoms with Crippen LogP contribution in [0.4, 0.5) is 11.4 Å². The molecule has 0 radical (unpaired) electrons. The van der Waals surface area contributed by atoms with Gasteiger partial charge in [-0.3, -0.25) is 14.9 Å². The summed E-state index contributed by atoms with van der Waals surface area (Å²) in [6, 6.07) is 5.74. The van der Waals surface area contributed by atoms with Gasteiger partial charge in [0.15, 0.2) is 5.90 Å². The quantitative estimate of drug-likeness (QED) is 0.268. The smallest absolute Gasteiger partial charge is 0.315 e. The molecule has 102 valence electrons. The Hall–Kier alpha value is -2.44. The van der Waals surface area contributed by atoms with E-state index in [4.69, 9.17) is 9.47 Å². The molecule has 0 amide bonds. The van der Waals surface area contributed by atoms with Crippen molar-refractivity contribution in [2.45, 2.75) is 13.3 Å². The molecular weight excluding hydrogens is 252 g/mol. The SMILES string of the molecule is CCOC(=O)CC(=Nc1cccc([N+](=O)[O-])c1)OC. The molecule has 1 aromatic rings. The van der Waals surface area contributed by atoms with Crippen molar-refractivity contribution in [1.29, 1.82) is 0 Å². The van der Waals surface area contributed by atoms with Gasteiger partial charge in [-0.05, 0) is 13.0 Å². The number of carbonyl (C=O) groups excluding carboxylic acids is 1. The maximum atomic E-state index is 11.3. The molecule has 1 rings (SSSR count). The van der Waals surface area contributed by atoms with E-state index in [1.54, 1.807) is 13.0 Å². The molecule has 0 aliphatic heterocycles. The Morgan fingerprint density at radius 3 is 2.79 bits per heavy atom. The number of aliphatic imine (C=N–C) groups is 1. The van der Waals surface area contributed by atoms with Gasteiger partial charge in [-0.1, -0.05) is 6.07 Å². The van der Waals surface area contributed by atoms with Gasteiger partial charge in [0, 0.05) is 12.1 Å². The Bertz CT molecular complexity index is 499. The first-order valence-electron chi connectivity index (χ1n) is 5.58. The minimum atomic E-state index is -0.517. The van der Waals surface area contributed by atoms with E-state index in [1.165, 1.54) is 25.3 Å². The Morgan fingerprint density at radius 1 is 1.47 bits per heavy atom. The van der Waals surface area contributed by atoms with Gasteiger partial charge in [-0.2, -0.15) is 0 Å². The van der Waals surface area contributed by atoms with Crippen LogP contribution in [0.5, 0.6) is 0 Å². The van der Waals surface area contributed by atoms with Gasteiger partial charge in [0.25, 0.3) is 5.69 Å². The Morgan fingerprint density at radius 2 is 2.21 bits per heavy atom. The molecule has 0 saturated heterocycles. The number of hydrogen-bond acceptors (Lipinski definition) is 6. The highest BCUT2D eigenvalue weighted by molar-refractivity contribution is 5.95. The molecule has 7 heteroatoms. The number of hydrogen-bond donors (Lipinski definition) is 0. The molecule has 1 aromatic carbocycles. The van der Waals surface area contributed by atoms with Gasteiger partial charge < -0.3 is 9.47 Å². The van der Waals surface area contributed by atoms with Crippen LogP contribution in [0.15, 0.2) is 29.3 Å². The van der Waals surface area contributed by atoms with E-state index in [9.17, 15) is 14.9 Å². The largest absolute Gasteiger partial charge is 0.484 e. The second-order valence-electron chi connectivity index (χ2n) is 3.47. The first kappa shape index (κ1) is 14.6. The van der Waals surface area contributed by atoms with E-state index in [2.05, 4.69) is 4.99 Å². The van der Waals surface area contributed by atoms with Crippen molar-refractivity contribution in [3.8, 4) is 0 Å². The van der Waals surface area contributed by atoms with Crippen LogP contribution in [0, 0.1) is 10.1 Å². The van der Waals surface area contributed by atoms with Gasteiger partial charge in [-0.25, -0.2) is 4.99 Å². The van der Waals surface area contributed by atoms with Crippen LogP contribution in [-0.4, -0.2) is 30.5 Å². The van der Waals surface area contributed by atoms with E-state index in [0.29, 0.717) is 5.69 Å². The number of nitro benzene ring substituents is 1. The lowest BCUT2D eigenvalue weighted by Gasteiger charge is -2.04. The lowest BCUT2D eigenvalue weighted by Crippen LogP contribution is -2.12. The van der Waals surface area contributed by atoms with Crippen LogP contribution in [-0.2, 0) is 14.3 Å². The summed E-state index contributed by atoms with van der Waals surface area (Å²) in [5.41, 5.74) is 0.267. The zero-order valence-electron chi connectivity index (χ0n) is 10.7. The summed E-state index contributed by atoms with van der Waals surface area (Å²) in [5, 5.41) is 10.6. The molecular formula is C12H14N2O5. The second-order valence-corrected chi connectivity index (χ2v) is 3.47. The van der Waals surface area contributed by atoms with E-state index in [0.717, 1.165) is 0 Å². The summed E-state index contributed by atoms with van der Waals surface area (Å²) in [5.74, 6) is -0.326. The number of nitrogens with zero attached hydrogens (tertiary/aromatic N) is 2. The topological polar surface area (TPSA) is 91.0 Å². The third kappa shape index (κ3) is 4.74. The molecule has 0 unspecified atom stereocenters. The fraction of sp³-hybridized carbons (Fsp3) is 0.333. The summed E-state index contributed by atoms with van der Waals surface area (Å²) in [6.07, 6.45) is -0.118. The number of esters is 1. The van der Waals surface area contributed by atoms with Crippen molar-refractivity contribution < 1.29 is 19.2 Å². The van der Waals surface area contributed by atoms with Crippen molar-refractivity contribution in [2.24, 2.45) is 4.99 Å². The number of benzene rings is 1. The summed E-state index contributed by atoms with van der Waals surface area (Å²) in [4.78, 5) is 25.4. The highest BCUT2D eigenvalue weighted by Gasteiger charge is 2.10. The van der Waals surface area contributed by atoms with Gasteiger partial charge >= 0.3 is 5.97 Å². The summed E-state index contributed by atoms with van der Waals surface area (Å²) in [7, 11) is 1.37. The van der Waals surface area contributed by atoms with Crippen molar-refractivity contribution in [3.63, 3.8) is 0 Å². The van der Waals surface area contributed by atoms with Crippen molar-refractivity contribution in [1.82, 2.24) is 0 Å². The molecule has 0 N–H and O–H groups in total. The van der Waals surface area contributed by atoms with Gasteiger partial charge in [0.05, 0.1) is 24.3 Å². The predicted molar refractivity (Wildman–Crippen MR) is 68.5 cm³/mol. The number of rotatable bonds is 5. The van der Waals surface area contributed by atoms with Crippen LogP contribution >= 0.6 is 0 Å². The molecule has 0 spiro atoms. The molecule has 0 bridgehead atoms. The van der Waals surface area contributed by atoms with Crippen molar-refractivity contribution in [3.05, 3.63) is 34.4 Å². The van der Waals surface area contributed by atoms with Crippen LogP contribution in [0.1, 0.15) is 13.3 Å². The average molecular weight is 266 g/mol. The Kier molecular flexibility index (Phi) is 5.46. The van der Waals surface area contributed by atoms with Crippen LogP contribution in [0.2, 0.25) is 0 Å². The Balaban J connectivity index is 2.88. The summed E-state index contributed by atoms with van der Waals surface area (Å²) >= 11 is 0. The van der Waals surface area contributed by atoms with Crippen LogP contribution < -0.4 is 0 Å². The highest BCUT2D eigenvalue weighted by Crippen LogP contribution is 2.20. The summed E-state index contributed by atoms with van der Waals surface area (Å²) in [6.45, 7) is 1.97. The van der Waals surface area contributed by atoms with E-state index >= 15 is 0 Å². The second kappa shape index (κ2) is 7.10. The maximum absolute atomic E-state index is 11.3. The normalized spacial score (nSPS) is 10.9. The van der Waals surface area contributed by atoms with E-state index in [1.807, 2.05) is 0 Å². The van der Waals surface area contributed by atoms with Gasteiger partial charge in [0.2, 0.25) is 0 Å². The predicted octanol–water partition coefficient (Wildman–Crippen LogP) is 2.22. The molecule has 0 aromatic heterocycles. The van der Waals surface area contributed by atoms with Crippen LogP contribution in [0.3, 0.4) is 0 Å². The fourth-order valence-electron chi connectivity index (χ4n) is 1.31. The van der Waals surface area contributed by atoms with Crippen molar-refractivity contribution in [2.75, 3.05) is 13.7 Å². The zero-order chi connectivity index (χ0) is 14.3. The molecule has 0 fully saturated rings. The molecule has 0 atom stereocenters. The summed E-state index contributed by atoms with van der Waals surface area (Å²) < 4.78 is 9.72. The average Bonchev–Trinajstić information content (AvgIpc) is 2.38.